The van der Waals surface area contributed by atoms with E-state index >= 15 is 0 Å². The third-order valence-corrected chi connectivity index (χ3v) is 10.8. The van der Waals surface area contributed by atoms with Gasteiger partial charge in [0, 0.05) is 33.1 Å². The zero-order chi connectivity index (χ0) is 33.0. The highest BCUT2D eigenvalue weighted by molar-refractivity contribution is 7.99. The first-order valence-electron chi connectivity index (χ1n) is 16.0. The number of anilines is 1. The maximum atomic E-state index is 12.4. The van der Waals surface area contributed by atoms with Crippen LogP contribution in [0.5, 0.6) is 5.75 Å². The molecule has 15 heteroatoms. The molecule has 1 unspecified atom stereocenters. The summed E-state index contributed by atoms with van der Waals surface area (Å²) in [7, 11) is 2.51. The summed E-state index contributed by atoms with van der Waals surface area (Å²) in [6.07, 6.45) is 3.22. The van der Waals surface area contributed by atoms with Crippen molar-refractivity contribution < 1.29 is 56.0 Å². The van der Waals surface area contributed by atoms with E-state index in [0.29, 0.717) is 78.4 Å². The Bertz CT molecular complexity index is 842. The van der Waals surface area contributed by atoms with Gasteiger partial charge in [0.2, 0.25) is 0 Å². The van der Waals surface area contributed by atoms with E-state index in [1.54, 1.807) is 33.5 Å². The maximum absolute atomic E-state index is 12.4. The van der Waals surface area contributed by atoms with Crippen molar-refractivity contribution in [1.29, 1.82) is 0 Å². The van der Waals surface area contributed by atoms with E-state index in [-0.39, 0.29) is 13.2 Å². The third-order valence-electron chi connectivity index (χ3n) is 6.78. The number of carbonyl (C=O) groups excluding carboxylic acids is 1. The van der Waals surface area contributed by atoms with Crippen LogP contribution in [-0.2, 0) is 46.4 Å². The topological polar surface area (TPSA) is 131 Å². The quantitative estimate of drug-likeness (QED) is 0.184. The second-order valence-corrected chi connectivity index (χ2v) is 14.5. The first kappa shape index (κ1) is 40.7. The Morgan fingerprint density at radius 3 is 1.93 bits per heavy atom. The molecule has 1 N–H and O–H groups in total. The van der Waals surface area contributed by atoms with Crippen LogP contribution in [0.4, 0.5) is 10.5 Å². The molecule has 0 bridgehead atoms. The molecule has 0 aliphatic carbocycles. The monoisotopic (exact) mass is 693 g/mol. The fourth-order valence-electron chi connectivity index (χ4n) is 4.19. The van der Waals surface area contributed by atoms with E-state index in [9.17, 15) is 4.79 Å². The van der Waals surface area contributed by atoms with Crippen molar-refractivity contribution in [3.8, 4) is 5.75 Å². The smallest absolute Gasteiger partial charge is 0.494 e. The van der Waals surface area contributed by atoms with Crippen molar-refractivity contribution in [2.75, 3.05) is 124 Å². The second-order valence-electron chi connectivity index (χ2n) is 10.2. The fourth-order valence-corrected chi connectivity index (χ4v) is 7.13. The first-order valence-corrected chi connectivity index (χ1v) is 19.1. The Hall–Kier alpha value is -1.50. The number of amides is 1. The van der Waals surface area contributed by atoms with Crippen LogP contribution in [0.1, 0.15) is 25.7 Å². The van der Waals surface area contributed by atoms with Gasteiger partial charge in [-0.05, 0) is 61.5 Å². The molecule has 266 valence electrons. The van der Waals surface area contributed by atoms with Gasteiger partial charge in [-0.1, -0.05) is 0 Å². The SMILES string of the molecule is CO[Si](CCCSCCCCCOc1ccc(NC(=O)OCC2COCCOCCOCCOCCOCCO2)cc1)(OC)OC. The summed E-state index contributed by atoms with van der Waals surface area (Å²) in [6, 6.07) is 8.05. The lowest BCUT2D eigenvalue weighted by Crippen LogP contribution is -2.42. The summed E-state index contributed by atoms with van der Waals surface area (Å²) in [4.78, 5) is 12.4. The number of carbonyl (C=O) groups is 1. The van der Waals surface area contributed by atoms with Crippen LogP contribution < -0.4 is 10.1 Å². The minimum absolute atomic E-state index is 0.0288. The van der Waals surface area contributed by atoms with Crippen LogP contribution in [-0.4, -0.2) is 140 Å². The Balaban J connectivity index is 1.57. The molecule has 1 amide bonds. The fraction of sp³-hybridized carbons (Fsp3) is 0.774. The van der Waals surface area contributed by atoms with Crippen molar-refractivity contribution >= 4 is 32.3 Å². The summed E-state index contributed by atoms with van der Waals surface area (Å²) >= 11 is 1.95. The number of unbranched alkanes of at least 4 members (excludes halogenated alkanes) is 2. The molecule has 0 aromatic heterocycles. The lowest BCUT2D eigenvalue weighted by Gasteiger charge is -2.24. The van der Waals surface area contributed by atoms with Crippen LogP contribution in [0.15, 0.2) is 24.3 Å². The molecule has 13 nitrogen and oxygen atoms in total. The molecule has 1 heterocycles. The van der Waals surface area contributed by atoms with Crippen molar-refractivity contribution in [2.24, 2.45) is 0 Å². The Morgan fingerprint density at radius 2 is 1.33 bits per heavy atom. The number of thioether (sulfide) groups is 1. The highest BCUT2D eigenvalue weighted by Crippen LogP contribution is 2.19. The predicted molar refractivity (Wildman–Crippen MR) is 178 cm³/mol. The van der Waals surface area contributed by atoms with Gasteiger partial charge in [-0.3, -0.25) is 5.32 Å². The molecular weight excluding hydrogens is 638 g/mol. The molecule has 46 heavy (non-hydrogen) atoms. The molecule has 0 saturated carbocycles. The van der Waals surface area contributed by atoms with Gasteiger partial charge >= 0.3 is 14.9 Å². The van der Waals surface area contributed by atoms with E-state index in [0.717, 1.165) is 49.0 Å². The molecule has 2 rings (SSSR count). The number of hydrogen-bond donors (Lipinski definition) is 1. The van der Waals surface area contributed by atoms with Crippen LogP contribution >= 0.6 is 11.8 Å². The molecule has 1 atom stereocenters. The molecule has 1 saturated heterocycles. The van der Waals surface area contributed by atoms with Crippen LogP contribution in [0.3, 0.4) is 0 Å². The third kappa shape index (κ3) is 20.0. The maximum Gasteiger partial charge on any atom is 0.500 e. The minimum Gasteiger partial charge on any atom is -0.494 e. The number of hydrogen-bond acceptors (Lipinski definition) is 13. The second kappa shape index (κ2) is 27.4. The molecule has 0 radical (unpaired) electrons. The van der Waals surface area contributed by atoms with Crippen molar-refractivity contribution in [3.05, 3.63) is 24.3 Å². The van der Waals surface area contributed by atoms with Crippen LogP contribution in [0, 0.1) is 0 Å². The van der Waals surface area contributed by atoms with Crippen LogP contribution in [0.25, 0.3) is 0 Å². The van der Waals surface area contributed by atoms with E-state index in [1.807, 2.05) is 23.9 Å². The van der Waals surface area contributed by atoms with E-state index < -0.39 is 21.0 Å². The molecule has 1 aliphatic heterocycles. The number of nitrogens with one attached hydrogen (secondary N) is 1. The predicted octanol–water partition coefficient (Wildman–Crippen LogP) is 4.27. The van der Waals surface area contributed by atoms with Gasteiger partial charge in [0.25, 0.3) is 0 Å². The number of benzene rings is 1. The Kier molecular flexibility index (Phi) is 24.3. The van der Waals surface area contributed by atoms with Crippen molar-refractivity contribution in [3.63, 3.8) is 0 Å². The average Bonchev–Trinajstić information content (AvgIpc) is 3.07. The lowest BCUT2D eigenvalue weighted by atomic mass is 10.2. The normalized spacial score (nSPS) is 18.3. The molecule has 1 aromatic carbocycles. The van der Waals surface area contributed by atoms with Crippen molar-refractivity contribution in [1.82, 2.24) is 0 Å². The average molecular weight is 694 g/mol. The molecule has 0 spiro atoms. The zero-order valence-electron chi connectivity index (χ0n) is 27.8. The van der Waals surface area contributed by atoms with Gasteiger partial charge in [-0.2, -0.15) is 11.8 Å². The highest BCUT2D eigenvalue weighted by Gasteiger charge is 2.36. The van der Waals surface area contributed by atoms with Gasteiger partial charge < -0.3 is 51.2 Å². The van der Waals surface area contributed by atoms with Gasteiger partial charge in [0.05, 0.1) is 79.3 Å². The Morgan fingerprint density at radius 1 is 0.761 bits per heavy atom. The Labute approximate surface area is 279 Å². The lowest BCUT2D eigenvalue weighted by molar-refractivity contribution is -0.0746. The summed E-state index contributed by atoms with van der Waals surface area (Å²) < 4.78 is 61.0. The summed E-state index contributed by atoms with van der Waals surface area (Å²) in [5.41, 5.74) is 0.606. The first-order chi connectivity index (χ1) is 22.6. The molecule has 1 aliphatic rings. The number of rotatable bonds is 17. The zero-order valence-corrected chi connectivity index (χ0v) is 29.7. The van der Waals surface area contributed by atoms with Gasteiger partial charge in [-0.15, -0.1) is 0 Å². The highest BCUT2D eigenvalue weighted by atomic mass is 32.2. The number of ether oxygens (including phenoxy) is 8. The standard InChI is InChI=1S/C31H55NO12SSi/c1-34-46(35-2,36-3)25-7-24-45-23-6-4-5-12-42-29-10-8-28(9-11-29)32-31(33)44-27-30-26-41-20-19-39-16-15-37-13-14-38-17-18-40-21-22-43-30/h8-11,30H,4-7,12-27H2,1-3H3,(H,32,33). The van der Waals surface area contributed by atoms with Crippen molar-refractivity contribution in [2.45, 2.75) is 37.8 Å². The summed E-state index contributed by atoms with van der Waals surface area (Å²) in [5, 5.41) is 2.73. The largest absolute Gasteiger partial charge is 0.500 e. The molecule has 1 fully saturated rings. The van der Waals surface area contributed by atoms with Gasteiger partial charge in [-0.25, -0.2) is 4.79 Å². The molecule has 1 aromatic rings. The summed E-state index contributed by atoms with van der Waals surface area (Å²) in [5.74, 6) is 2.94. The van der Waals surface area contributed by atoms with E-state index in [4.69, 9.17) is 51.2 Å². The van der Waals surface area contributed by atoms with E-state index in [1.165, 1.54) is 0 Å². The minimum atomic E-state index is -2.45. The van der Waals surface area contributed by atoms with Gasteiger partial charge in [0.1, 0.15) is 18.5 Å². The van der Waals surface area contributed by atoms with E-state index in [2.05, 4.69) is 5.32 Å². The van der Waals surface area contributed by atoms with Gasteiger partial charge in [0.15, 0.2) is 0 Å². The van der Waals surface area contributed by atoms with Crippen LogP contribution in [0.2, 0.25) is 6.04 Å². The molecular formula is C31H55NO12SSi. The summed E-state index contributed by atoms with van der Waals surface area (Å²) in [6.45, 7) is 5.41.